The Morgan fingerprint density at radius 1 is 1.05 bits per heavy atom. The summed E-state index contributed by atoms with van der Waals surface area (Å²) in [7, 11) is 0. The Hall–Kier alpha value is -2.48. The Morgan fingerprint density at radius 2 is 1.65 bits per heavy atom. The van der Waals surface area contributed by atoms with Crippen LogP contribution in [0.2, 0.25) is 10.0 Å². The van der Waals surface area contributed by atoms with Gasteiger partial charge in [0.05, 0.1) is 12.1 Å². The minimum atomic E-state index is -0.610. The number of thioether (sulfide) groups is 1. The number of allylic oxidation sites excluding steroid dienone is 1. The Labute approximate surface area is 251 Å². The van der Waals surface area contributed by atoms with Gasteiger partial charge in [0.2, 0.25) is 5.91 Å². The van der Waals surface area contributed by atoms with Crippen molar-refractivity contribution in [3.8, 4) is 0 Å². The maximum atomic E-state index is 14.3. The lowest BCUT2D eigenvalue weighted by Gasteiger charge is -2.44. The highest BCUT2D eigenvalue weighted by Crippen LogP contribution is 2.56. The van der Waals surface area contributed by atoms with Crippen molar-refractivity contribution in [3.05, 3.63) is 80.3 Å². The maximum Gasteiger partial charge on any atom is 0.262 e. The van der Waals surface area contributed by atoms with Crippen LogP contribution in [0.1, 0.15) is 65.1 Å². The molecule has 40 heavy (non-hydrogen) atoms. The molecule has 0 unspecified atom stereocenters. The molecule has 2 amide bonds. The monoisotopic (exact) mass is 598 g/mol. The number of rotatable bonds is 7. The molecule has 3 aliphatic rings. The minimum absolute atomic E-state index is 0.000691. The van der Waals surface area contributed by atoms with E-state index in [4.69, 9.17) is 28.2 Å². The van der Waals surface area contributed by atoms with Crippen molar-refractivity contribution < 1.29 is 9.59 Å². The number of fused-ring (bicyclic) bond motifs is 1. The second kappa shape index (κ2) is 11.1. The van der Waals surface area contributed by atoms with Gasteiger partial charge < -0.3 is 14.7 Å². The van der Waals surface area contributed by atoms with E-state index in [1.807, 2.05) is 60.0 Å². The van der Waals surface area contributed by atoms with E-state index < -0.39 is 5.54 Å². The molecule has 3 atom stereocenters. The molecule has 0 N–H and O–H groups in total. The Bertz CT molecular complexity index is 1370. The number of amidine groups is 1. The number of nitrogens with zero attached hydrogens (tertiary/aromatic N) is 4. The summed E-state index contributed by atoms with van der Waals surface area (Å²) in [6, 6.07) is 15.7. The largest absolute Gasteiger partial charge is 0.338 e. The van der Waals surface area contributed by atoms with E-state index in [1.165, 1.54) is 11.8 Å². The van der Waals surface area contributed by atoms with Gasteiger partial charge in [-0.2, -0.15) is 0 Å². The van der Waals surface area contributed by atoms with E-state index in [1.54, 1.807) is 6.92 Å². The predicted molar refractivity (Wildman–Crippen MR) is 164 cm³/mol. The van der Waals surface area contributed by atoms with Crippen molar-refractivity contribution >= 4 is 51.9 Å². The van der Waals surface area contributed by atoms with Gasteiger partial charge >= 0.3 is 0 Å². The van der Waals surface area contributed by atoms with Crippen LogP contribution in [0.3, 0.4) is 0 Å². The van der Waals surface area contributed by atoms with Crippen LogP contribution in [0.15, 0.2) is 64.1 Å². The predicted octanol–water partition coefficient (Wildman–Crippen LogP) is 7.09. The first-order valence-corrected chi connectivity index (χ1v) is 15.4. The fraction of sp³-hybridized carbons (Fsp3) is 0.452. The van der Waals surface area contributed by atoms with Crippen molar-refractivity contribution in [1.29, 1.82) is 0 Å². The normalized spacial score (nSPS) is 24.0. The van der Waals surface area contributed by atoms with E-state index >= 15 is 0 Å². The smallest absolute Gasteiger partial charge is 0.262 e. The van der Waals surface area contributed by atoms with Gasteiger partial charge in [-0.3, -0.25) is 9.59 Å². The van der Waals surface area contributed by atoms with Crippen LogP contribution >= 0.6 is 35.0 Å². The van der Waals surface area contributed by atoms with Crippen molar-refractivity contribution in [2.45, 2.75) is 71.6 Å². The summed E-state index contributed by atoms with van der Waals surface area (Å²) in [4.78, 5) is 38.4. The molecule has 1 fully saturated rings. The highest BCUT2D eigenvalue weighted by molar-refractivity contribution is 8.18. The number of aliphatic imine (C=N–C) groups is 1. The molecule has 3 aliphatic heterocycles. The van der Waals surface area contributed by atoms with Gasteiger partial charge in [0, 0.05) is 41.8 Å². The number of likely N-dealkylation sites (tertiary alicyclic amines) is 1. The molecular weight excluding hydrogens is 563 g/mol. The molecule has 1 saturated heterocycles. The summed E-state index contributed by atoms with van der Waals surface area (Å²) in [6.45, 7) is 13.4. The van der Waals surface area contributed by atoms with Gasteiger partial charge in [0.1, 0.15) is 10.4 Å². The summed E-state index contributed by atoms with van der Waals surface area (Å²) in [5, 5.41) is 2.17. The van der Waals surface area contributed by atoms with Crippen LogP contribution in [-0.4, -0.2) is 56.9 Å². The lowest BCUT2D eigenvalue weighted by atomic mass is 9.81. The Morgan fingerprint density at radius 3 is 2.15 bits per heavy atom. The quantitative estimate of drug-likeness (QED) is 0.341. The highest BCUT2D eigenvalue weighted by Gasteiger charge is 2.53. The van der Waals surface area contributed by atoms with Gasteiger partial charge in [-0.15, -0.1) is 0 Å². The molecule has 6 nitrogen and oxygen atoms in total. The summed E-state index contributed by atoms with van der Waals surface area (Å²) in [6.07, 6.45) is 0.913. The zero-order valence-electron chi connectivity index (χ0n) is 23.8. The van der Waals surface area contributed by atoms with Crippen molar-refractivity contribution in [1.82, 2.24) is 14.7 Å². The van der Waals surface area contributed by atoms with E-state index in [-0.39, 0.29) is 35.9 Å². The fourth-order valence-electron chi connectivity index (χ4n) is 6.00. The number of carbonyl (C=O) groups is 2. The van der Waals surface area contributed by atoms with E-state index in [0.717, 1.165) is 35.0 Å². The summed E-state index contributed by atoms with van der Waals surface area (Å²) in [5.74, 6) is 0.138. The van der Waals surface area contributed by atoms with Crippen LogP contribution in [0.4, 0.5) is 0 Å². The van der Waals surface area contributed by atoms with Gasteiger partial charge in [-0.25, -0.2) is 4.99 Å². The lowest BCUT2D eigenvalue weighted by Crippen LogP contribution is -2.57. The second-order valence-corrected chi connectivity index (χ2v) is 13.4. The first-order valence-electron chi connectivity index (χ1n) is 13.8. The maximum absolute atomic E-state index is 14.3. The number of carbonyl (C=O) groups excluding carboxylic acids is 2. The first-order chi connectivity index (χ1) is 18.9. The standard InChI is InChI=1S/C31H36Cl2N4O2S/c1-18(2)26-27(29(39)36(19(3)4)17-25-15-16-35(25)20(5)38)40-30-34-31(6,22-9-13-24(33)14-10-22)28(37(26)30)21-7-11-23(32)12-8-21/h7-14,18-19,25,28H,15-17H2,1-6H3/t25-,28+,31-/m0/s1. The third-order valence-corrected chi connectivity index (χ3v) is 9.77. The second-order valence-electron chi connectivity index (χ2n) is 11.6. The van der Waals surface area contributed by atoms with Crippen molar-refractivity contribution in [2.75, 3.05) is 13.1 Å². The van der Waals surface area contributed by atoms with Gasteiger partial charge in [0.15, 0.2) is 5.17 Å². The molecule has 212 valence electrons. The third-order valence-electron chi connectivity index (χ3n) is 8.21. The van der Waals surface area contributed by atoms with Crippen LogP contribution in [0, 0.1) is 5.92 Å². The van der Waals surface area contributed by atoms with Gasteiger partial charge in [-0.1, -0.05) is 61.3 Å². The van der Waals surface area contributed by atoms with E-state index in [2.05, 4.69) is 37.8 Å². The number of halogens is 2. The zero-order valence-corrected chi connectivity index (χ0v) is 26.1. The molecule has 2 aromatic carbocycles. The molecule has 0 aromatic heterocycles. The van der Waals surface area contributed by atoms with Crippen molar-refractivity contribution in [2.24, 2.45) is 10.9 Å². The zero-order chi connectivity index (χ0) is 28.9. The molecule has 0 aliphatic carbocycles. The van der Waals surface area contributed by atoms with Crippen LogP contribution in [-0.2, 0) is 15.1 Å². The number of hydrogen-bond donors (Lipinski definition) is 0. The minimum Gasteiger partial charge on any atom is -0.338 e. The molecule has 2 aromatic rings. The Kier molecular flexibility index (Phi) is 8.03. The SMILES string of the molecule is CC(=O)N1CC[C@H]1CN(C(=O)C1=C(C(C)C)N2C(=N[C@@](C)(c3ccc(Cl)cc3)[C@H]2c2ccc(Cl)cc2)S1)C(C)C. The van der Waals surface area contributed by atoms with Crippen LogP contribution in [0.25, 0.3) is 0 Å². The molecule has 9 heteroatoms. The summed E-state index contributed by atoms with van der Waals surface area (Å²) >= 11 is 14.0. The third kappa shape index (κ3) is 5.05. The van der Waals surface area contributed by atoms with E-state index in [0.29, 0.717) is 21.5 Å². The lowest BCUT2D eigenvalue weighted by molar-refractivity contribution is -0.140. The topological polar surface area (TPSA) is 56.2 Å². The average molecular weight is 600 g/mol. The molecule has 0 radical (unpaired) electrons. The number of hydrogen-bond acceptors (Lipinski definition) is 5. The Balaban J connectivity index is 1.57. The summed E-state index contributed by atoms with van der Waals surface area (Å²) < 4.78 is 0. The molecule has 0 bridgehead atoms. The van der Waals surface area contributed by atoms with Crippen molar-refractivity contribution in [3.63, 3.8) is 0 Å². The molecule has 5 rings (SSSR count). The van der Waals surface area contributed by atoms with Gasteiger partial charge in [-0.05, 0) is 80.3 Å². The molecular formula is C31H36Cl2N4O2S. The molecule has 0 spiro atoms. The van der Waals surface area contributed by atoms with E-state index in [9.17, 15) is 9.59 Å². The van der Waals surface area contributed by atoms with Crippen LogP contribution < -0.4 is 0 Å². The first kappa shape index (κ1) is 29.0. The fourth-order valence-corrected chi connectivity index (χ4v) is 7.61. The number of amides is 2. The molecule has 0 saturated carbocycles. The average Bonchev–Trinajstić information content (AvgIpc) is 3.36. The van der Waals surface area contributed by atoms with Gasteiger partial charge in [0.25, 0.3) is 5.91 Å². The number of benzene rings is 2. The highest BCUT2D eigenvalue weighted by atomic mass is 35.5. The summed E-state index contributed by atoms with van der Waals surface area (Å²) in [5.41, 5.74) is 2.49. The van der Waals surface area contributed by atoms with Crippen LogP contribution in [0.5, 0.6) is 0 Å². The molecule has 3 heterocycles.